The first kappa shape index (κ1) is 17.6. The van der Waals surface area contributed by atoms with Crippen molar-refractivity contribution in [2.24, 2.45) is 5.73 Å². The Morgan fingerprint density at radius 2 is 2.10 bits per heavy atom. The van der Waals surface area contributed by atoms with E-state index in [1.807, 2.05) is 13.8 Å². The fourth-order valence-electron chi connectivity index (χ4n) is 1.89. The molecule has 1 unspecified atom stereocenters. The molecule has 1 atom stereocenters. The van der Waals surface area contributed by atoms with Crippen LogP contribution in [0.15, 0.2) is 23.1 Å². The minimum atomic E-state index is -3.72. The standard InChI is InChI=1S/C15H21FN2O2S/c1-3-6-13(4-2)18-21(19,20)14-9-8-12(7-5-10-17)15(16)11-14/h8-9,11,13,18H,3-4,6,10,17H2,1-2H3. The lowest BCUT2D eigenvalue weighted by Gasteiger charge is -2.16. The molecule has 3 N–H and O–H groups in total. The molecular formula is C15H21FN2O2S. The third kappa shape index (κ3) is 5.12. The summed E-state index contributed by atoms with van der Waals surface area (Å²) in [6.45, 7) is 4.02. The molecule has 116 valence electrons. The maximum absolute atomic E-state index is 13.8. The van der Waals surface area contributed by atoms with Gasteiger partial charge in [-0.05, 0) is 31.0 Å². The summed E-state index contributed by atoms with van der Waals surface area (Å²) in [5.41, 5.74) is 5.36. The van der Waals surface area contributed by atoms with E-state index in [0.29, 0.717) is 6.42 Å². The molecule has 0 saturated heterocycles. The molecule has 0 radical (unpaired) electrons. The predicted octanol–water partition coefficient (Wildman–Crippen LogP) is 1.99. The molecule has 1 rings (SSSR count). The first-order valence-corrected chi connectivity index (χ1v) is 8.43. The summed E-state index contributed by atoms with van der Waals surface area (Å²) in [6, 6.07) is 3.55. The second-order valence-corrected chi connectivity index (χ2v) is 6.38. The van der Waals surface area contributed by atoms with Crippen molar-refractivity contribution in [3.8, 4) is 11.8 Å². The number of hydrogen-bond donors (Lipinski definition) is 2. The second kappa shape index (κ2) is 8.13. The third-order valence-corrected chi connectivity index (χ3v) is 4.55. The number of rotatable bonds is 6. The van der Waals surface area contributed by atoms with Gasteiger partial charge in [-0.2, -0.15) is 0 Å². The monoisotopic (exact) mass is 312 g/mol. The molecule has 0 fully saturated rings. The Balaban J connectivity index is 3.01. The lowest BCUT2D eigenvalue weighted by molar-refractivity contribution is 0.511. The molecule has 21 heavy (non-hydrogen) atoms. The maximum Gasteiger partial charge on any atom is 0.240 e. The smallest absolute Gasteiger partial charge is 0.240 e. The highest BCUT2D eigenvalue weighted by Crippen LogP contribution is 2.16. The van der Waals surface area contributed by atoms with E-state index in [0.717, 1.165) is 18.9 Å². The minimum absolute atomic E-state index is 0.0900. The van der Waals surface area contributed by atoms with Crippen molar-refractivity contribution < 1.29 is 12.8 Å². The van der Waals surface area contributed by atoms with E-state index >= 15 is 0 Å². The molecule has 0 heterocycles. The van der Waals surface area contributed by atoms with Crippen LogP contribution in [0.4, 0.5) is 4.39 Å². The summed E-state index contributed by atoms with van der Waals surface area (Å²) < 4.78 is 40.9. The second-order valence-electron chi connectivity index (χ2n) is 4.66. The number of nitrogens with one attached hydrogen (secondary N) is 1. The fraction of sp³-hybridized carbons (Fsp3) is 0.467. The number of sulfonamides is 1. The topological polar surface area (TPSA) is 72.2 Å². The van der Waals surface area contributed by atoms with Crippen LogP contribution in [0.5, 0.6) is 0 Å². The third-order valence-electron chi connectivity index (χ3n) is 3.03. The number of benzene rings is 1. The van der Waals surface area contributed by atoms with Crippen molar-refractivity contribution in [1.82, 2.24) is 4.72 Å². The summed E-state index contributed by atoms with van der Waals surface area (Å²) in [5.74, 6) is 4.43. The Morgan fingerprint density at radius 1 is 1.38 bits per heavy atom. The highest BCUT2D eigenvalue weighted by Gasteiger charge is 2.19. The van der Waals surface area contributed by atoms with E-state index in [2.05, 4.69) is 16.6 Å². The van der Waals surface area contributed by atoms with Crippen molar-refractivity contribution in [2.45, 2.75) is 44.0 Å². The van der Waals surface area contributed by atoms with Gasteiger partial charge in [0.2, 0.25) is 10.0 Å². The molecule has 0 saturated carbocycles. The van der Waals surface area contributed by atoms with Gasteiger partial charge in [-0.25, -0.2) is 17.5 Å². The summed E-state index contributed by atoms with van der Waals surface area (Å²) in [7, 11) is -3.72. The fourth-order valence-corrected chi connectivity index (χ4v) is 3.26. The molecule has 1 aromatic carbocycles. The zero-order valence-electron chi connectivity index (χ0n) is 12.3. The van der Waals surface area contributed by atoms with Crippen LogP contribution in [0.25, 0.3) is 0 Å². The first-order chi connectivity index (χ1) is 9.94. The van der Waals surface area contributed by atoms with E-state index in [4.69, 9.17) is 5.73 Å². The highest BCUT2D eigenvalue weighted by atomic mass is 32.2. The summed E-state index contributed by atoms with van der Waals surface area (Å²) in [4.78, 5) is -0.0900. The number of halogens is 1. The van der Waals surface area contributed by atoms with E-state index in [1.165, 1.54) is 12.1 Å². The van der Waals surface area contributed by atoms with E-state index in [1.54, 1.807) is 0 Å². The molecule has 0 bridgehead atoms. The van der Waals surface area contributed by atoms with E-state index in [-0.39, 0.29) is 23.0 Å². The van der Waals surface area contributed by atoms with Gasteiger partial charge in [-0.15, -0.1) is 0 Å². The highest BCUT2D eigenvalue weighted by molar-refractivity contribution is 7.89. The molecule has 4 nitrogen and oxygen atoms in total. The summed E-state index contributed by atoms with van der Waals surface area (Å²) in [5, 5.41) is 0. The normalized spacial score (nSPS) is 12.6. The predicted molar refractivity (Wildman–Crippen MR) is 81.6 cm³/mol. The lowest BCUT2D eigenvalue weighted by atomic mass is 10.1. The molecule has 0 aromatic heterocycles. The van der Waals surface area contributed by atoms with E-state index < -0.39 is 15.8 Å². The van der Waals surface area contributed by atoms with Gasteiger partial charge in [-0.3, -0.25) is 0 Å². The van der Waals surface area contributed by atoms with Gasteiger partial charge in [0.15, 0.2) is 0 Å². The van der Waals surface area contributed by atoms with E-state index in [9.17, 15) is 12.8 Å². The molecule has 0 spiro atoms. The van der Waals surface area contributed by atoms with Crippen LogP contribution in [0.2, 0.25) is 0 Å². The lowest BCUT2D eigenvalue weighted by Crippen LogP contribution is -2.34. The Kier molecular flexibility index (Phi) is 6.82. The summed E-state index contributed by atoms with van der Waals surface area (Å²) >= 11 is 0. The average molecular weight is 312 g/mol. The quantitative estimate of drug-likeness (QED) is 0.789. The number of nitrogens with two attached hydrogens (primary N) is 1. The van der Waals surface area contributed by atoms with Crippen molar-refractivity contribution in [3.05, 3.63) is 29.6 Å². The van der Waals surface area contributed by atoms with Gasteiger partial charge in [0, 0.05) is 6.04 Å². The zero-order valence-corrected chi connectivity index (χ0v) is 13.1. The van der Waals surface area contributed by atoms with Crippen LogP contribution in [0, 0.1) is 17.7 Å². The first-order valence-electron chi connectivity index (χ1n) is 6.95. The van der Waals surface area contributed by atoms with Crippen LogP contribution in [0.1, 0.15) is 38.7 Å². The SMILES string of the molecule is CCCC(CC)NS(=O)(=O)c1ccc(C#CCN)c(F)c1. The van der Waals surface area contributed by atoms with Crippen LogP contribution < -0.4 is 10.5 Å². The van der Waals surface area contributed by atoms with Crippen molar-refractivity contribution >= 4 is 10.0 Å². The van der Waals surface area contributed by atoms with Crippen LogP contribution in [0.3, 0.4) is 0 Å². The Hall–Kier alpha value is -1.42. The largest absolute Gasteiger partial charge is 0.320 e. The van der Waals surface area contributed by atoms with Gasteiger partial charge in [-0.1, -0.05) is 32.1 Å². The van der Waals surface area contributed by atoms with Gasteiger partial charge in [0.1, 0.15) is 5.82 Å². The van der Waals surface area contributed by atoms with Crippen LogP contribution >= 0.6 is 0 Å². The molecule has 0 aliphatic rings. The molecule has 0 aliphatic heterocycles. The van der Waals surface area contributed by atoms with Crippen molar-refractivity contribution in [1.29, 1.82) is 0 Å². The average Bonchev–Trinajstić information content (AvgIpc) is 2.45. The zero-order chi connectivity index (χ0) is 15.9. The molecule has 0 aliphatic carbocycles. The molecule has 6 heteroatoms. The minimum Gasteiger partial charge on any atom is -0.320 e. The van der Waals surface area contributed by atoms with Gasteiger partial charge in [0.05, 0.1) is 17.0 Å². The number of hydrogen-bond acceptors (Lipinski definition) is 3. The van der Waals surface area contributed by atoms with Crippen LogP contribution in [-0.4, -0.2) is 21.0 Å². The Morgan fingerprint density at radius 3 is 2.62 bits per heavy atom. The maximum atomic E-state index is 13.8. The molecular weight excluding hydrogens is 291 g/mol. The van der Waals surface area contributed by atoms with Gasteiger partial charge in [0.25, 0.3) is 0 Å². The van der Waals surface area contributed by atoms with Gasteiger partial charge >= 0.3 is 0 Å². The Labute approximate surface area is 126 Å². The van der Waals surface area contributed by atoms with Crippen molar-refractivity contribution in [2.75, 3.05) is 6.54 Å². The molecule has 0 amide bonds. The summed E-state index contributed by atoms with van der Waals surface area (Å²) in [6.07, 6.45) is 2.32. The van der Waals surface area contributed by atoms with Gasteiger partial charge < -0.3 is 5.73 Å². The molecule has 1 aromatic rings. The Bertz CT molecular complexity index is 633. The van der Waals surface area contributed by atoms with Crippen molar-refractivity contribution in [3.63, 3.8) is 0 Å². The van der Waals surface area contributed by atoms with Crippen LogP contribution in [-0.2, 0) is 10.0 Å².